The number of guanidine groups is 1. The monoisotopic (exact) mass is 455 g/mol. The molecule has 32 heavy (non-hydrogen) atoms. The lowest BCUT2D eigenvalue weighted by Crippen LogP contribution is -2.50. The molecule has 2 heterocycles. The van der Waals surface area contributed by atoms with Gasteiger partial charge in [-0.15, -0.1) is 10.6 Å². The van der Waals surface area contributed by atoms with Gasteiger partial charge in [0, 0.05) is 35.6 Å². The number of carbonyl (C=O) groups excluding carboxylic acids is 2. The molecule has 0 bridgehead atoms. The number of likely N-dealkylation sites (tertiary alicyclic amines) is 1. The van der Waals surface area contributed by atoms with Crippen molar-refractivity contribution in [3.8, 4) is 0 Å². The Labute approximate surface area is 191 Å². The third kappa shape index (κ3) is 5.30. The molecule has 0 aromatic heterocycles. The number of benzene rings is 2. The Morgan fingerprint density at radius 2 is 1.88 bits per heavy atom. The lowest BCUT2D eigenvalue weighted by molar-refractivity contribution is -0.120. The Kier molecular flexibility index (Phi) is 6.77. The number of piperidine rings is 1. The smallest absolute Gasteiger partial charge is 0.321 e. The first kappa shape index (κ1) is 21.9. The molecule has 1 saturated heterocycles. The second kappa shape index (κ2) is 9.88. The zero-order valence-electron chi connectivity index (χ0n) is 17.5. The molecule has 0 spiro atoms. The van der Waals surface area contributed by atoms with E-state index >= 15 is 0 Å². The molecule has 0 radical (unpaired) electrons. The van der Waals surface area contributed by atoms with Crippen LogP contribution in [0.25, 0.3) is 0 Å². The Balaban J connectivity index is 1.47. The van der Waals surface area contributed by atoms with Crippen LogP contribution in [0.3, 0.4) is 0 Å². The van der Waals surface area contributed by atoms with Crippen molar-refractivity contribution in [2.24, 2.45) is 5.10 Å². The quantitative estimate of drug-likeness (QED) is 0.476. The maximum atomic E-state index is 13.0. The number of urea groups is 1. The highest BCUT2D eigenvalue weighted by Crippen LogP contribution is 2.38. The summed E-state index contributed by atoms with van der Waals surface area (Å²) in [6.07, 6.45) is 2.67. The molecule has 0 saturated carbocycles. The van der Waals surface area contributed by atoms with Crippen LogP contribution in [0.5, 0.6) is 0 Å². The number of halogens is 1. The Morgan fingerprint density at radius 3 is 2.59 bits per heavy atom. The van der Waals surface area contributed by atoms with Gasteiger partial charge in [-0.05, 0) is 49.1 Å². The number of anilines is 1. The predicted molar refractivity (Wildman–Crippen MR) is 124 cm³/mol. The first-order chi connectivity index (χ1) is 15.5. The molecule has 3 amide bonds. The average molecular weight is 456 g/mol. The van der Waals surface area contributed by atoms with Gasteiger partial charge >= 0.3 is 6.03 Å². The molecule has 2 aromatic rings. The maximum Gasteiger partial charge on any atom is 0.321 e. The van der Waals surface area contributed by atoms with E-state index in [1.54, 1.807) is 24.3 Å². The first-order valence-corrected chi connectivity index (χ1v) is 10.9. The van der Waals surface area contributed by atoms with Crippen LogP contribution < -0.4 is 27.1 Å². The normalized spacial score (nSPS) is 20.0. The summed E-state index contributed by atoms with van der Waals surface area (Å²) in [5, 5.41) is 10.2. The number of hydrogen-bond acceptors (Lipinski definition) is 6. The number of hydrazine groups is 2. The van der Waals surface area contributed by atoms with Crippen molar-refractivity contribution in [1.29, 1.82) is 0 Å². The third-order valence-electron chi connectivity index (χ3n) is 5.84. The van der Waals surface area contributed by atoms with Crippen LogP contribution >= 0.6 is 11.6 Å². The van der Waals surface area contributed by atoms with Crippen LogP contribution in [0.15, 0.2) is 59.7 Å². The van der Waals surface area contributed by atoms with Gasteiger partial charge in [-0.1, -0.05) is 41.9 Å². The molecule has 1 fully saturated rings. The lowest BCUT2D eigenvalue weighted by Gasteiger charge is -2.43. The number of nitrogens with one attached hydrogen (secondary N) is 5. The highest BCUT2D eigenvalue weighted by Gasteiger charge is 2.39. The number of hydrogen-bond donors (Lipinski definition) is 5. The molecule has 5 N–H and O–H groups in total. The molecule has 4 rings (SSSR count). The van der Waals surface area contributed by atoms with Crippen LogP contribution in [-0.2, 0) is 10.2 Å². The highest BCUT2D eigenvalue weighted by molar-refractivity contribution is 6.30. The van der Waals surface area contributed by atoms with Crippen molar-refractivity contribution < 1.29 is 9.59 Å². The van der Waals surface area contributed by atoms with E-state index in [-0.39, 0.29) is 17.4 Å². The second-order valence-corrected chi connectivity index (χ2v) is 8.42. The minimum Gasteiger partial charge on any atom is -0.324 e. The van der Waals surface area contributed by atoms with E-state index in [1.165, 1.54) is 0 Å². The zero-order chi connectivity index (χ0) is 22.4. The number of rotatable bonds is 5. The molecule has 168 valence electrons. The molecule has 2 aromatic carbocycles. The third-order valence-corrected chi connectivity index (χ3v) is 6.09. The molecule has 2 aliphatic heterocycles. The van der Waals surface area contributed by atoms with Gasteiger partial charge in [0.25, 0.3) is 0 Å². The van der Waals surface area contributed by atoms with Gasteiger partial charge < -0.3 is 10.2 Å². The molecule has 1 unspecified atom stereocenters. The van der Waals surface area contributed by atoms with Crippen molar-refractivity contribution in [3.05, 3.63) is 65.2 Å². The van der Waals surface area contributed by atoms with Crippen LogP contribution in [0, 0.1) is 0 Å². The highest BCUT2D eigenvalue weighted by atomic mass is 35.5. The van der Waals surface area contributed by atoms with Gasteiger partial charge in [0.05, 0.1) is 0 Å². The summed E-state index contributed by atoms with van der Waals surface area (Å²) < 4.78 is 0. The maximum absolute atomic E-state index is 13.0. The summed E-state index contributed by atoms with van der Waals surface area (Å²) in [7, 11) is 0. The van der Waals surface area contributed by atoms with Crippen molar-refractivity contribution >= 4 is 35.2 Å². The van der Waals surface area contributed by atoms with E-state index in [0.29, 0.717) is 42.6 Å². The van der Waals surface area contributed by atoms with E-state index in [1.807, 2.05) is 23.1 Å². The Bertz CT molecular complexity index is 984. The predicted octanol–water partition coefficient (Wildman–Crippen LogP) is 2.69. The van der Waals surface area contributed by atoms with E-state index in [0.717, 1.165) is 18.4 Å². The zero-order valence-corrected chi connectivity index (χ0v) is 18.3. The Morgan fingerprint density at radius 1 is 1.09 bits per heavy atom. The van der Waals surface area contributed by atoms with Crippen molar-refractivity contribution in [3.63, 3.8) is 0 Å². The minimum absolute atomic E-state index is 0.139. The fourth-order valence-corrected chi connectivity index (χ4v) is 4.35. The van der Waals surface area contributed by atoms with Gasteiger partial charge in [0.15, 0.2) is 0 Å². The summed E-state index contributed by atoms with van der Waals surface area (Å²) in [4.78, 5) is 27.3. The van der Waals surface area contributed by atoms with Gasteiger partial charge in [-0.2, -0.15) is 0 Å². The van der Waals surface area contributed by atoms with Gasteiger partial charge in [0.1, 0.15) is 0 Å². The Hall–Kier alpha value is -3.30. The van der Waals surface area contributed by atoms with Crippen LogP contribution in [-0.4, -0.2) is 35.9 Å². The fraction of sp³-hybridized carbons (Fsp3) is 0.318. The summed E-state index contributed by atoms with van der Waals surface area (Å²) in [5.41, 5.74) is 9.32. The second-order valence-electron chi connectivity index (χ2n) is 7.98. The van der Waals surface area contributed by atoms with Gasteiger partial charge in [-0.25, -0.2) is 10.3 Å². The summed E-state index contributed by atoms with van der Waals surface area (Å²) in [6.45, 7) is 1.20. The van der Waals surface area contributed by atoms with Gasteiger partial charge in [0.2, 0.25) is 11.9 Å². The number of nitrogens with zero attached hydrogens (tertiary/aromatic N) is 2. The molecule has 2 aliphatic rings. The first-order valence-electron chi connectivity index (χ1n) is 10.5. The number of carbonyl (C=O) groups is 2. The van der Waals surface area contributed by atoms with E-state index in [9.17, 15) is 9.59 Å². The van der Waals surface area contributed by atoms with Crippen LogP contribution in [0.4, 0.5) is 10.5 Å². The van der Waals surface area contributed by atoms with E-state index < -0.39 is 0 Å². The summed E-state index contributed by atoms with van der Waals surface area (Å²) in [6, 6.07) is 17.0. The molecule has 9 nitrogen and oxygen atoms in total. The SMILES string of the molecule is O=C(CCC1(c2ccccc2)CCCN(C(=O)Nc2ccc(Cl)cc2)C1)NC1=NNNN1. The molecular formula is C22H26ClN7O2. The standard InChI is InChI=1S/C22H26ClN7O2/c23-17-7-9-18(10-8-17)24-21(32)30-14-4-12-22(15-30,16-5-2-1-3-6-16)13-11-19(31)25-20-26-28-29-27-20/h1-3,5-10,28-29H,4,11-15H2,(H,24,32)(H2,25,26,27,31). The van der Waals surface area contributed by atoms with Crippen LogP contribution in [0.1, 0.15) is 31.2 Å². The van der Waals surface area contributed by atoms with Crippen molar-refractivity contribution in [2.75, 3.05) is 18.4 Å². The van der Waals surface area contributed by atoms with Crippen LogP contribution in [0.2, 0.25) is 5.02 Å². The molecule has 1 atom stereocenters. The average Bonchev–Trinajstić information content (AvgIpc) is 3.33. The molecule has 0 aliphatic carbocycles. The van der Waals surface area contributed by atoms with Crippen molar-refractivity contribution in [2.45, 2.75) is 31.1 Å². The van der Waals surface area contributed by atoms with E-state index in [4.69, 9.17) is 11.6 Å². The summed E-state index contributed by atoms with van der Waals surface area (Å²) >= 11 is 5.94. The topological polar surface area (TPSA) is 110 Å². The summed E-state index contributed by atoms with van der Waals surface area (Å²) in [5.74, 6) is 0.191. The van der Waals surface area contributed by atoms with Gasteiger partial charge in [-0.3, -0.25) is 15.5 Å². The number of amides is 3. The largest absolute Gasteiger partial charge is 0.324 e. The molecule has 10 heteroatoms. The van der Waals surface area contributed by atoms with E-state index in [2.05, 4.69) is 44.4 Å². The fourth-order valence-electron chi connectivity index (χ4n) is 4.22. The van der Waals surface area contributed by atoms with Crippen molar-refractivity contribution in [1.82, 2.24) is 26.7 Å². The number of hydrazone groups is 1. The molecular weight excluding hydrogens is 430 g/mol. The lowest BCUT2D eigenvalue weighted by atomic mass is 9.71. The minimum atomic E-state index is -0.310.